The number of hydrazone groups is 1. The van der Waals surface area contributed by atoms with Gasteiger partial charge in [0, 0.05) is 0 Å². The molecule has 5 aromatic carbocycles. The number of fused-ring (bicyclic) bond motifs is 1. The van der Waals surface area contributed by atoms with Crippen molar-refractivity contribution in [3.8, 4) is 5.75 Å². The number of rotatable bonds is 8. The number of ether oxygens (including phenoxy) is 1. The van der Waals surface area contributed by atoms with E-state index in [1.165, 1.54) is 17.0 Å². The van der Waals surface area contributed by atoms with Crippen molar-refractivity contribution in [2.75, 3.05) is 0 Å². The summed E-state index contributed by atoms with van der Waals surface area (Å²) in [5.41, 5.74) is 3.41. The first kappa shape index (κ1) is 24.0. The van der Waals surface area contributed by atoms with Crippen LogP contribution in [0.5, 0.6) is 5.75 Å². The Morgan fingerprint density at radius 2 is 1.35 bits per heavy atom. The van der Waals surface area contributed by atoms with Gasteiger partial charge in [-0.25, -0.2) is 5.43 Å². The lowest BCUT2D eigenvalue weighted by Gasteiger charge is -2.27. The summed E-state index contributed by atoms with van der Waals surface area (Å²) in [6.45, 7) is 0.464. The first-order valence-electron chi connectivity index (χ1n) is 12.0. The van der Waals surface area contributed by atoms with Crippen LogP contribution in [0.3, 0.4) is 0 Å². The Labute approximate surface area is 215 Å². The van der Waals surface area contributed by atoms with Crippen molar-refractivity contribution in [3.05, 3.63) is 150 Å². The average Bonchev–Trinajstić information content (AvgIpc) is 2.97. The highest BCUT2D eigenvalue weighted by molar-refractivity contribution is 5.91. The zero-order chi connectivity index (χ0) is 25.5. The Kier molecular flexibility index (Phi) is 7.06. The number of hydrogen-bond donors (Lipinski definition) is 2. The zero-order valence-corrected chi connectivity index (χ0v) is 20.1. The molecule has 0 saturated heterocycles. The van der Waals surface area contributed by atoms with Crippen LogP contribution in [0.2, 0.25) is 0 Å². The largest absolute Gasteiger partial charge is 0.489 e. The van der Waals surface area contributed by atoms with E-state index in [2.05, 4.69) is 40.9 Å². The van der Waals surface area contributed by atoms with Crippen LogP contribution in [-0.4, -0.2) is 17.2 Å². The summed E-state index contributed by atoms with van der Waals surface area (Å²) in [6.07, 6.45) is 1.53. The maximum atomic E-state index is 13.1. The summed E-state index contributed by atoms with van der Waals surface area (Å²) < 4.78 is 5.93. The topological polar surface area (TPSA) is 70.9 Å². The van der Waals surface area contributed by atoms with Gasteiger partial charge in [0.2, 0.25) is 0 Å². The lowest BCUT2D eigenvalue weighted by atomic mass is 9.85. The molecule has 0 atom stereocenters. The van der Waals surface area contributed by atoms with E-state index in [4.69, 9.17) is 4.74 Å². The molecule has 0 aliphatic heterocycles. The van der Waals surface area contributed by atoms with Gasteiger partial charge in [0.05, 0.1) is 6.21 Å². The molecular weight excluding hydrogens is 460 g/mol. The van der Waals surface area contributed by atoms with Crippen LogP contribution in [0, 0.1) is 0 Å². The summed E-state index contributed by atoms with van der Waals surface area (Å²) in [5.74, 6) is 0.0911. The molecule has 0 radical (unpaired) electrons. The molecule has 0 spiro atoms. The Balaban J connectivity index is 1.23. The number of hydrogen-bond acceptors (Lipinski definition) is 4. The van der Waals surface area contributed by atoms with E-state index in [-0.39, 0.29) is 0 Å². The molecule has 0 fully saturated rings. The SMILES string of the molecule is O=C(N/N=C/c1ccc(OCc2ccc3ccccc3c2)cc1)C(O)(c1ccccc1)c1ccccc1. The fourth-order valence-electron chi connectivity index (χ4n) is 4.18. The fraction of sp³-hybridized carbons (Fsp3) is 0.0625. The molecule has 0 aromatic heterocycles. The molecule has 5 heteroatoms. The molecule has 5 rings (SSSR count). The number of benzene rings is 5. The summed E-state index contributed by atoms with van der Waals surface area (Å²) in [7, 11) is 0. The van der Waals surface area contributed by atoms with Gasteiger partial charge in [0.15, 0.2) is 5.60 Å². The van der Waals surface area contributed by atoms with Crippen LogP contribution >= 0.6 is 0 Å². The van der Waals surface area contributed by atoms with Crippen molar-refractivity contribution in [1.82, 2.24) is 5.43 Å². The first-order valence-corrected chi connectivity index (χ1v) is 12.0. The minimum absolute atomic E-state index is 0.460. The molecule has 37 heavy (non-hydrogen) atoms. The molecule has 2 N–H and O–H groups in total. The van der Waals surface area contributed by atoms with Crippen molar-refractivity contribution < 1.29 is 14.6 Å². The average molecular weight is 487 g/mol. The molecule has 5 nitrogen and oxygen atoms in total. The number of nitrogens with one attached hydrogen (secondary N) is 1. The van der Waals surface area contributed by atoms with Crippen LogP contribution in [0.15, 0.2) is 132 Å². The van der Waals surface area contributed by atoms with E-state index in [0.29, 0.717) is 17.7 Å². The number of aliphatic hydroxyl groups is 1. The third-order valence-electron chi connectivity index (χ3n) is 6.19. The summed E-state index contributed by atoms with van der Waals surface area (Å²) in [5, 5.41) is 17.9. The molecule has 0 saturated carbocycles. The Morgan fingerprint density at radius 1 is 0.757 bits per heavy atom. The fourth-order valence-corrected chi connectivity index (χ4v) is 4.18. The molecular formula is C32H26N2O3. The second-order valence-electron chi connectivity index (χ2n) is 8.68. The van der Waals surface area contributed by atoms with Crippen LogP contribution in [0.4, 0.5) is 0 Å². The molecule has 0 unspecified atom stereocenters. The van der Waals surface area contributed by atoms with Gasteiger partial charge in [-0.1, -0.05) is 97.1 Å². The van der Waals surface area contributed by atoms with Gasteiger partial charge in [0.25, 0.3) is 5.91 Å². The van der Waals surface area contributed by atoms with Crippen molar-refractivity contribution in [2.24, 2.45) is 5.10 Å². The maximum Gasteiger partial charge on any atom is 0.281 e. The number of carbonyl (C=O) groups excluding carboxylic acids is 1. The number of amides is 1. The smallest absolute Gasteiger partial charge is 0.281 e. The maximum absolute atomic E-state index is 13.1. The lowest BCUT2D eigenvalue weighted by Crippen LogP contribution is -2.43. The summed E-state index contributed by atoms with van der Waals surface area (Å²) in [4.78, 5) is 13.1. The molecule has 182 valence electrons. The third kappa shape index (κ3) is 5.42. The normalized spacial score (nSPS) is 11.5. The monoisotopic (exact) mass is 486 g/mol. The van der Waals surface area contributed by atoms with Gasteiger partial charge in [-0.15, -0.1) is 0 Å². The molecule has 0 bridgehead atoms. The second kappa shape index (κ2) is 10.9. The predicted molar refractivity (Wildman–Crippen MR) is 146 cm³/mol. The Morgan fingerprint density at radius 3 is 2.00 bits per heavy atom. The van der Waals surface area contributed by atoms with Gasteiger partial charge in [-0.05, 0) is 63.4 Å². The quantitative estimate of drug-likeness (QED) is 0.215. The minimum Gasteiger partial charge on any atom is -0.489 e. The third-order valence-corrected chi connectivity index (χ3v) is 6.19. The number of carbonyl (C=O) groups is 1. The Hall–Kier alpha value is -4.74. The van der Waals surface area contributed by atoms with Gasteiger partial charge in [-0.2, -0.15) is 5.10 Å². The summed E-state index contributed by atoms with van der Waals surface area (Å²) >= 11 is 0. The molecule has 5 aromatic rings. The van der Waals surface area contributed by atoms with Crippen molar-refractivity contribution >= 4 is 22.9 Å². The van der Waals surface area contributed by atoms with Gasteiger partial charge >= 0.3 is 0 Å². The van der Waals surface area contributed by atoms with E-state index in [1.807, 2.05) is 48.5 Å². The van der Waals surface area contributed by atoms with Crippen LogP contribution in [0.25, 0.3) is 10.8 Å². The van der Waals surface area contributed by atoms with Crippen molar-refractivity contribution in [1.29, 1.82) is 0 Å². The van der Waals surface area contributed by atoms with E-state index in [0.717, 1.165) is 16.9 Å². The van der Waals surface area contributed by atoms with Crippen LogP contribution < -0.4 is 10.2 Å². The highest BCUT2D eigenvalue weighted by Gasteiger charge is 2.39. The van der Waals surface area contributed by atoms with Crippen LogP contribution in [-0.2, 0) is 17.0 Å². The van der Waals surface area contributed by atoms with E-state index >= 15 is 0 Å². The zero-order valence-electron chi connectivity index (χ0n) is 20.1. The van der Waals surface area contributed by atoms with Crippen molar-refractivity contribution in [3.63, 3.8) is 0 Å². The van der Waals surface area contributed by atoms with Crippen molar-refractivity contribution in [2.45, 2.75) is 12.2 Å². The minimum atomic E-state index is -1.87. The first-order chi connectivity index (χ1) is 18.1. The van der Waals surface area contributed by atoms with E-state index < -0.39 is 11.5 Å². The van der Waals surface area contributed by atoms with E-state index in [9.17, 15) is 9.90 Å². The molecule has 0 aliphatic rings. The standard InChI is InChI=1S/C32H26N2O3/c35-31(32(36,28-11-3-1-4-12-28)29-13-5-2-6-14-29)34-33-22-24-16-19-30(20-17-24)37-23-25-15-18-26-9-7-8-10-27(26)21-25/h1-22,36H,23H2,(H,34,35)/b33-22+. The highest BCUT2D eigenvalue weighted by atomic mass is 16.5. The van der Waals surface area contributed by atoms with E-state index in [1.54, 1.807) is 48.5 Å². The number of nitrogens with zero attached hydrogens (tertiary/aromatic N) is 1. The summed E-state index contributed by atoms with van der Waals surface area (Å²) in [6, 6.07) is 39.6. The molecule has 1 amide bonds. The Bertz CT molecular complexity index is 1480. The lowest BCUT2D eigenvalue weighted by molar-refractivity contribution is -0.136. The van der Waals surface area contributed by atoms with Gasteiger partial charge < -0.3 is 9.84 Å². The highest BCUT2D eigenvalue weighted by Crippen LogP contribution is 2.29. The van der Waals surface area contributed by atoms with Gasteiger partial charge in [0.1, 0.15) is 12.4 Å². The van der Waals surface area contributed by atoms with Crippen LogP contribution in [0.1, 0.15) is 22.3 Å². The molecule has 0 heterocycles. The predicted octanol–water partition coefficient (Wildman–Crippen LogP) is 5.81. The molecule has 0 aliphatic carbocycles. The second-order valence-corrected chi connectivity index (χ2v) is 8.68. The van der Waals surface area contributed by atoms with Gasteiger partial charge in [-0.3, -0.25) is 4.79 Å².